The third-order valence-corrected chi connectivity index (χ3v) is 5.68. The molecule has 4 rings (SSSR count). The molecule has 1 aliphatic rings. The molecule has 6 heteroatoms. The van der Waals surface area contributed by atoms with Gasteiger partial charge in [-0.15, -0.1) is 0 Å². The SMILES string of the molecule is CC(C)(C)c1ccc(OCCn2c(CNC(=O)C3CCCO3)nc3ccccc32)cc1. The number of hydrogen-bond acceptors (Lipinski definition) is 4. The second-order valence-electron chi connectivity index (χ2n) is 9.01. The average Bonchev–Trinajstić information content (AvgIpc) is 3.40. The summed E-state index contributed by atoms with van der Waals surface area (Å²) in [5.74, 6) is 1.61. The Bertz CT molecular complexity index is 1030. The van der Waals surface area contributed by atoms with Gasteiger partial charge in [0.1, 0.15) is 24.3 Å². The third-order valence-electron chi connectivity index (χ3n) is 5.68. The summed E-state index contributed by atoms with van der Waals surface area (Å²) in [6, 6.07) is 16.3. The van der Waals surface area contributed by atoms with Gasteiger partial charge in [-0.05, 0) is 48.1 Å². The van der Waals surface area contributed by atoms with Gasteiger partial charge in [0.15, 0.2) is 0 Å². The van der Waals surface area contributed by atoms with Crippen LogP contribution in [0.5, 0.6) is 5.75 Å². The van der Waals surface area contributed by atoms with Crippen LogP contribution in [0.25, 0.3) is 11.0 Å². The molecule has 1 unspecified atom stereocenters. The molecule has 2 aromatic carbocycles. The summed E-state index contributed by atoms with van der Waals surface area (Å²) in [5.41, 5.74) is 3.36. The highest BCUT2D eigenvalue weighted by molar-refractivity contribution is 5.81. The zero-order chi connectivity index (χ0) is 21.8. The minimum Gasteiger partial charge on any atom is -0.492 e. The van der Waals surface area contributed by atoms with E-state index in [4.69, 9.17) is 14.5 Å². The van der Waals surface area contributed by atoms with Crippen LogP contribution < -0.4 is 10.1 Å². The summed E-state index contributed by atoms with van der Waals surface area (Å²) in [5, 5.41) is 2.98. The number of benzene rings is 2. The first-order valence-corrected chi connectivity index (χ1v) is 11.0. The molecule has 1 atom stereocenters. The fourth-order valence-corrected chi connectivity index (χ4v) is 3.88. The lowest BCUT2D eigenvalue weighted by molar-refractivity contribution is -0.130. The van der Waals surface area contributed by atoms with Crippen molar-refractivity contribution >= 4 is 16.9 Å². The largest absolute Gasteiger partial charge is 0.492 e. The standard InChI is InChI=1S/C25H31N3O3/c1-25(2,3)18-10-12-19(13-11-18)30-16-14-28-21-8-5-4-7-20(21)27-23(28)17-26-24(29)22-9-6-15-31-22/h4-5,7-8,10-13,22H,6,9,14-17H2,1-3H3,(H,26,29). The smallest absolute Gasteiger partial charge is 0.249 e. The van der Waals surface area contributed by atoms with E-state index in [-0.39, 0.29) is 17.4 Å². The molecule has 2 heterocycles. The van der Waals surface area contributed by atoms with E-state index in [0.717, 1.165) is 35.4 Å². The number of carbonyl (C=O) groups excluding carboxylic acids is 1. The fourth-order valence-electron chi connectivity index (χ4n) is 3.88. The molecule has 1 aromatic heterocycles. The Hall–Kier alpha value is -2.86. The summed E-state index contributed by atoms with van der Waals surface area (Å²) in [4.78, 5) is 17.1. The van der Waals surface area contributed by atoms with Crippen LogP contribution in [0.4, 0.5) is 0 Å². The summed E-state index contributed by atoms with van der Waals surface area (Å²) < 4.78 is 13.6. The summed E-state index contributed by atoms with van der Waals surface area (Å²) in [6.07, 6.45) is 1.38. The van der Waals surface area contributed by atoms with E-state index >= 15 is 0 Å². The maximum absolute atomic E-state index is 12.3. The number of fused-ring (bicyclic) bond motifs is 1. The van der Waals surface area contributed by atoms with Crippen molar-refractivity contribution in [2.75, 3.05) is 13.2 Å². The molecule has 1 amide bonds. The number of carbonyl (C=O) groups is 1. The lowest BCUT2D eigenvalue weighted by Crippen LogP contribution is -2.34. The van der Waals surface area contributed by atoms with Gasteiger partial charge in [-0.1, -0.05) is 45.0 Å². The predicted octanol–water partition coefficient (Wildman–Crippen LogP) is 4.21. The van der Waals surface area contributed by atoms with Gasteiger partial charge in [0.25, 0.3) is 0 Å². The van der Waals surface area contributed by atoms with E-state index in [9.17, 15) is 4.79 Å². The van der Waals surface area contributed by atoms with Crippen LogP contribution in [0.2, 0.25) is 0 Å². The van der Waals surface area contributed by atoms with E-state index in [0.29, 0.717) is 26.3 Å². The first kappa shape index (κ1) is 21.4. The van der Waals surface area contributed by atoms with Crippen LogP contribution in [0, 0.1) is 0 Å². The summed E-state index contributed by atoms with van der Waals surface area (Å²) in [7, 11) is 0. The third kappa shape index (κ3) is 5.07. The van der Waals surface area contributed by atoms with Crippen LogP contribution in [0.1, 0.15) is 45.0 Å². The zero-order valence-electron chi connectivity index (χ0n) is 18.6. The number of ether oxygens (including phenoxy) is 2. The van der Waals surface area contributed by atoms with Crippen LogP contribution in [0.15, 0.2) is 48.5 Å². The van der Waals surface area contributed by atoms with Gasteiger partial charge in [0.2, 0.25) is 5.91 Å². The molecule has 0 spiro atoms. The van der Waals surface area contributed by atoms with Crippen molar-refractivity contribution in [3.05, 3.63) is 59.9 Å². The van der Waals surface area contributed by atoms with Crippen LogP contribution in [-0.4, -0.2) is 34.8 Å². The summed E-state index contributed by atoms with van der Waals surface area (Å²) >= 11 is 0. The van der Waals surface area contributed by atoms with Crippen molar-refractivity contribution in [3.8, 4) is 5.75 Å². The highest BCUT2D eigenvalue weighted by Crippen LogP contribution is 2.24. The highest BCUT2D eigenvalue weighted by atomic mass is 16.5. The molecular weight excluding hydrogens is 390 g/mol. The number of nitrogens with one attached hydrogen (secondary N) is 1. The molecule has 0 aliphatic carbocycles. The first-order chi connectivity index (χ1) is 14.9. The van der Waals surface area contributed by atoms with Gasteiger partial charge in [-0.25, -0.2) is 4.98 Å². The maximum Gasteiger partial charge on any atom is 0.249 e. The number of aromatic nitrogens is 2. The minimum absolute atomic E-state index is 0.0636. The van der Waals surface area contributed by atoms with Crippen molar-refractivity contribution in [1.82, 2.24) is 14.9 Å². The Morgan fingerprint density at radius 1 is 1.19 bits per heavy atom. The summed E-state index contributed by atoms with van der Waals surface area (Å²) in [6.45, 7) is 8.79. The molecule has 3 aromatic rings. The van der Waals surface area contributed by atoms with Gasteiger partial charge in [0, 0.05) is 6.61 Å². The Morgan fingerprint density at radius 2 is 1.97 bits per heavy atom. The molecule has 0 radical (unpaired) electrons. The van der Waals surface area contributed by atoms with E-state index in [1.165, 1.54) is 5.56 Å². The first-order valence-electron chi connectivity index (χ1n) is 11.0. The van der Waals surface area contributed by atoms with Crippen molar-refractivity contribution in [2.24, 2.45) is 0 Å². The Morgan fingerprint density at radius 3 is 2.68 bits per heavy atom. The highest BCUT2D eigenvalue weighted by Gasteiger charge is 2.23. The molecule has 1 N–H and O–H groups in total. The van der Waals surface area contributed by atoms with Crippen LogP contribution in [-0.2, 0) is 28.0 Å². The lowest BCUT2D eigenvalue weighted by atomic mass is 9.87. The van der Waals surface area contributed by atoms with Crippen molar-refractivity contribution in [1.29, 1.82) is 0 Å². The fraction of sp³-hybridized carbons (Fsp3) is 0.440. The van der Waals surface area contributed by atoms with Gasteiger partial charge in [-0.2, -0.15) is 0 Å². The number of amides is 1. The number of hydrogen-bond donors (Lipinski definition) is 1. The van der Waals surface area contributed by atoms with Gasteiger partial charge >= 0.3 is 0 Å². The minimum atomic E-state index is -0.336. The van der Waals surface area contributed by atoms with Crippen molar-refractivity contribution in [2.45, 2.75) is 58.2 Å². The molecule has 6 nitrogen and oxygen atoms in total. The van der Waals surface area contributed by atoms with E-state index in [1.807, 2.05) is 36.4 Å². The molecule has 0 bridgehead atoms. The number of nitrogens with zero attached hydrogens (tertiary/aromatic N) is 2. The number of imidazole rings is 1. The quantitative estimate of drug-likeness (QED) is 0.621. The molecule has 1 saturated heterocycles. The topological polar surface area (TPSA) is 65.4 Å². The number of para-hydroxylation sites is 2. The predicted molar refractivity (Wildman–Crippen MR) is 121 cm³/mol. The molecule has 1 fully saturated rings. The average molecular weight is 422 g/mol. The second kappa shape index (κ2) is 9.10. The molecule has 0 saturated carbocycles. The van der Waals surface area contributed by atoms with Gasteiger partial charge in [0.05, 0.1) is 24.1 Å². The van der Waals surface area contributed by atoms with Crippen molar-refractivity contribution in [3.63, 3.8) is 0 Å². The maximum atomic E-state index is 12.3. The van der Waals surface area contributed by atoms with E-state index < -0.39 is 0 Å². The van der Waals surface area contributed by atoms with Crippen molar-refractivity contribution < 1.29 is 14.3 Å². The van der Waals surface area contributed by atoms with Gasteiger partial charge in [-0.3, -0.25) is 4.79 Å². The van der Waals surface area contributed by atoms with E-state index in [2.05, 4.69) is 42.8 Å². The molecular formula is C25H31N3O3. The van der Waals surface area contributed by atoms with Gasteiger partial charge < -0.3 is 19.4 Å². The Kier molecular flexibility index (Phi) is 6.28. The van der Waals surface area contributed by atoms with E-state index in [1.54, 1.807) is 0 Å². The normalized spacial score (nSPS) is 16.5. The Balaban J connectivity index is 1.42. The van der Waals surface area contributed by atoms with Crippen LogP contribution >= 0.6 is 0 Å². The zero-order valence-corrected chi connectivity index (χ0v) is 18.6. The molecule has 164 valence electrons. The number of rotatable bonds is 7. The Labute approximate surface area is 183 Å². The second-order valence-corrected chi connectivity index (χ2v) is 9.01. The van der Waals surface area contributed by atoms with Crippen LogP contribution in [0.3, 0.4) is 0 Å². The lowest BCUT2D eigenvalue weighted by Gasteiger charge is -2.19. The molecule has 31 heavy (non-hydrogen) atoms. The molecule has 1 aliphatic heterocycles. The monoisotopic (exact) mass is 421 g/mol.